The van der Waals surface area contributed by atoms with Gasteiger partial charge in [0.05, 0.1) is 19.3 Å². The average molecular weight is 441 g/mol. The van der Waals surface area contributed by atoms with Crippen molar-refractivity contribution >= 4 is 0 Å². The zero-order valence-corrected chi connectivity index (χ0v) is 18.2. The smallest absolute Gasteiger partial charge is 0.201 e. The van der Waals surface area contributed by atoms with Crippen LogP contribution in [0.2, 0.25) is 0 Å². The predicted molar refractivity (Wildman–Crippen MR) is 120 cm³/mol. The summed E-state index contributed by atoms with van der Waals surface area (Å²) in [5.41, 5.74) is 2.56. The average Bonchev–Trinajstić information content (AvgIpc) is 2.82. The van der Waals surface area contributed by atoms with Crippen LogP contribution in [-0.2, 0) is 11.3 Å². The third-order valence-electron chi connectivity index (χ3n) is 5.93. The molecule has 0 amide bonds. The minimum Gasteiger partial charge on any atom is -0.491 e. The van der Waals surface area contributed by atoms with Crippen molar-refractivity contribution in [1.29, 1.82) is 0 Å². The lowest BCUT2D eigenvalue weighted by Crippen LogP contribution is -2.16. The summed E-state index contributed by atoms with van der Waals surface area (Å²) in [6.45, 7) is 2.37. The van der Waals surface area contributed by atoms with Gasteiger partial charge in [0.15, 0.2) is 11.6 Å². The topological polar surface area (TPSA) is 18.5 Å². The van der Waals surface area contributed by atoms with Gasteiger partial charge in [0.2, 0.25) is 5.82 Å². The molecule has 2 nitrogen and oxygen atoms in total. The highest BCUT2D eigenvalue weighted by molar-refractivity contribution is 5.71. The zero-order valence-electron chi connectivity index (χ0n) is 18.2. The Balaban J connectivity index is 1.48. The summed E-state index contributed by atoms with van der Waals surface area (Å²) in [5, 5.41) is 0. The molecule has 1 saturated carbocycles. The molecule has 0 unspecified atom stereocenters. The van der Waals surface area contributed by atoms with E-state index in [0.29, 0.717) is 23.3 Å². The van der Waals surface area contributed by atoms with Crippen LogP contribution in [0.1, 0.15) is 44.6 Å². The van der Waals surface area contributed by atoms with E-state index in [-0.39, 0.29) is 29.8 Å². The fourth-order valence-electron chi connectivity index (χ4n) is 4.18. The number of rotatable bonds is 7. The molecule has 4 rings (SSSR count). The van der Waals surface area contributed by atoms with Crippen LogP contribution in [-0.4, -0.2) is 12.7 Å². The molecule has 32 heavy (non-hydrogen) atoms. The van der Waals surface area contributed by atoms with Crippen LogP contribution in [0.25, 0.3) is 22.3 Å². The lowest BCUT2D eigenvalue weighted by molar-refractivity contribution is 0.0168. The van der Waals surface area contributed by atoms with Crippen LogP contribution in [0.4, 0.5) is 13.2 Å². The molecule has 0 radical (unpaired) electrons. The van der Waals surface area contributed by atoms with Gasteiger partial charge in [-0.1, -0.05) is 55.7 Å². The van der Waals surface area contributed by atoms with Crippen LogP contribution in [0.3, 0.4) is 0 Å². The molecule has 0 aromatic heterocycles. The van der Waals surface area contributed by atoms with Gasteiger partial charge in [0.1, 0.15) is 5.82 Å². The van der Waals surface area contributed by atoms with Gasteiger partial charge >= 0.3 is 0 Å². The van der Waals surface area contributed by atoms with Crippen molar-refractivity contribution in [2.24, 2.45) is 0 Å². The molecule has 1 aliphatic carbocycles. The van der Waals surface area contributed by atoms with Gasteiger partial charge in [0.25, 0.3) is 0 Å². The molecule has 1 aliphatic rings. The third-order valence-corrected chi connectivity index (χ3v) is 5.93. The first-order chi connectivity index (χ1) is 15.6. The molecule has 168 valence electrons. The second-order valence-corrected chi connectivity index (χ2v) is 8.13. The summed E-state index contributed by atoms with van der Waals surface area (Å²) in [4.78, 5) is 0. The standard InChI is InChI=1S/C27H27F3O2/c1-2-31-25-15-14-23(26(29)27(25)30)20-11-9-19(10-12-20)22-13-8-18(16-24(22)28)17-32-21-6-4-3-5-7-21/h8-16,21H,2-7,17H2,1H3. The van der Waals surface area contributed by atoms with Gasteiger partial charge in [-0.15, -0.1) is 0 Å². The van der Waals surface area contributed by atoms with Gasteiger partial charge < -0.3 is 9.47 Å². The predicted octanol–water partition coefficient (Wildman–Crippen LogP) is 7.69. The van der Waals surface area contributed by atoms with Crippen molar-refractivity contribution in [3.63, 3.8) is 0 Å². The van der Waals surface area contributed by atoms with Gasteiger partial charge in [-0.3, -0.25) is 0 Å². The molecular formula is C27H27F3O2. The van der Waals surface area contributed by atoms with Crippen LogP contribution < -0.4 is 4.74 Å². The van der Waals surface area contributed by atoms with E-state index in [2.05, 4.69) is 0 Å². The number of hydrogen-bond acceptors (Lipinski definition) is 2. The summed E-state index contributed by atoms with van der Waals surface area (Å²) in [5.74, 6) is -2.41. The van der Waals surface area contributed by atoms with Crippen LogP contribution in [0, 0.1) is 17.5 Å². The largest absolute Gasteiger partial charge is 0.491 e. The molecule has 0 spiro atoms. The fraction of sp³-hybridized carbons (Fsp3) is 0.333. The summed E-state index contributed by atoms with van der Waals surface area (Å²) in [6.07, 6.45) is 6.08. The maximum Gasteiger partial charge on any atom is 0.201 e. The van der Waals surface area contributed by atoms with Crippen LogP contribution in [0.5, 0.6) is 5.75 Å². The summed E-state index contributed by atoms with van der Waals surface area (Å²) >= 11 is 0. The highest BCUT2D eigenvalue weighted by Crippen LogP contribution is 2.32. The Kier molecular flexibility index (Phi) is 7.15. The van der Waals surface area contributed by atoms with Crippen molar-refractivity contribution in [2.75, 3.05) is 6.61 Å². The Hall–Kier alpha value is -2.79. The van der Waals surface area contributed by atoms with Crippen LogP contribution in [0.15, 0.2) is 54.6 Å². The van der Waals surface area contributed by atoms with Crippen molar-refractivity contribution in [3.8, 4) is 28.0 Å². The zero-order chi connectivity index (χ0) is 22.5. The molecule has 1 fully saturated rings. The van der Waals surface area contributed by atoms with Crippen LogP contribution >= 0.6 is 0 Å². The minimum atomic E-state index is -1.01. The van der Waals surface area contributed by atoms with Crippen molar-refractivity contribution in [2.45, 2.75) is 51.7 Å². The molecule has 0 aliphatic heterocycles. The maximum absolute atomic E-state index is 14.8. The first-order valence-electron chi connectivity index (χ1n) is 11.2. The lowest BCUT2D eigenvalue weighted by Gasteiger charge is -2.22. The van der Waals surface area contributed by atoms with Gasteiger partial charge in [-0.25, -0.2) is 8.78 Å². The summed E-state index contributed by atoms with van der Waals surface area (Å²) < 4.78 is 54.5. The Morgan fingerprint density at radius 2 is 1.44 bits per heavy atom. The Morgan fingerprint density at radius 1 is 0.781 bits per heavy atom. The molecular weight excluding hydrogens is 413 g/mol. The quantitative estimate of drug-likeness (QED) is 0.375. The van der Waals surface area contributed by atoms with Gasteiger partial charge in [-0.05, 0) is 54.7 Å². The molecule has 0 heterocycles. The Morgan fingerprint density at radius 3 is 2.09 bits per heavy atom. The van der Waals surface area contributed by atoms with Gasteiger partial charge in [-0.2, -0.15) is 4.39 Å². The normalized spacial score (nSPS) is 14.5. The summed E-state index contributed by atoms with van der Waals surface area (Å²) in [6, 6.07) is 14.8. The molecule has 0 atom stereocenters. The molecule has 3 aromatic rings. The number of benzene rings is 3. The van der Waals surface area contributed by atoms with E-state index in [1.54, 1.807) is 37.3 Å². The maximum atomic E-state index is 14.8. The van der Waals surface area contributed by atoms with E-state index in [1.807, 2.05) is 6.07 Å². The van der Waals surface area contributed by atoms with Crippen molar-refractivity contribution in [3.05, 3.63) is 77.6 Å². The third kappa shape index (κ3) is 4.99. The SMILES string of the molecule is CCOc1ccc(-c2ccc(-c3ccc(COC4CCCCC4)cc3F)cc2)c(F)c1F. The highest BCUT2D eigenvalue weighted by atomic mass is 19.2. The summed E-state index contributed by atoms with van der Waals surface area (Å²) in [7, 11) is 0. The second-order valence-electron chi connectivity index (χ2n) is 8.13. The molecule has 0 saturated heterocycles. The molecule has 0 N–H and O–H groups in total. The van der Waals surface area contributed by atoms with Crippen molar-refractivity contribution < 1.29 is 22.6 Å². The highest BCUT2D eigenvalue weighted by Gasteiger charge is 2.17. The Labute approximate surface area is 187 Å². The second kappa shape index (κ2) is 10.2. The minimum absolute atomic E-state index is 0.111. The monoisotopic (exact) mass is 440 g/mol. The van der Waals surface area contributed by atoms with E-state index >= 15 is 0 Å². The van der Waals surface area contributed by atoms with E-state index in [1.165, 1.54) is 37.5 Å². The van der Waals surface area contributed by atoms with E-state index < -0.39 is 11.6 Å². The van der Waals surface area contributed by atoms with E-state index in [0.717, 1.165) is 18.4 Å². The van der Waals surface area contributed by atoms with Gasteiger partial charge in [0, 0.05) is 11.1 Å². The molecule has 0 bridgehead atoms. The Bertz CT molecular complexity index is 1060. The number of halogens is 3. The van der Waals surface area contributed by atoms with Crippen molar-refractivity contribution in [1.82, 2.24) is 0 Å². The number of hydrogen-bond donors (Lipinski definition) is 0. The fourth-order valence-corrected chi connectivity index (χ4v) is 4.18. The number of ether oxygens (including phenoxy) is 2. The molecule has 5 heteroatoms. The van der Waals surface area contributed by atoms with E-state index in [4.69, 9.17) is 9.47 Å². The first-order valence-corrected chi connectivity index (χ1v) is 11.2. The van der Waals surface area contributed by atoms with E-state index in [9.17, 15) is 13.2 Å². The lowest BCUT2D eigenvalue weighted by atomic mass is 9.97. The molecule has 3 aromatic carbocycles. The first kappa shape index (κ1) is 22.4.